The van der Waals surface area contributed by atoms with Crippen molar-refractivity contribution in [2.75, 3.05) is 7.11 Å². The van der Waals surface area contributed by atoms with Crippen LogP contribution in [0.5, 0.6) is 5.75 Å². The maximum Gasteiger partial charge on any atom is 0.264 e. The lowest BCUT2D eigenvalue weighted by Gasteiger charge is -2.11. The van der Waals surface area contributed by atoms with Gasteiger partial charge < -0.3 is 14.6 Å². The molecule has 0 saturated carbocycles. The van der Waals surface area contributed by atoms with Crippen LogP contribution in [-0.4, -0.2) is 22.8 Å². The van der Waals surface area contributed by atoms with Crippen LogP contribution in [0.25, 0.3) is 11.8 Å². The molecule has 4 rings (SSSR count). The largest absolute Gasteiger partial charge is 0.494 e. The fraction of sp³-hybridized carbons (Fsp3) is 0.200. The highest BCUT2D eigenvalue weighted by Gasteiger charge is 2.25. The third-order valence-electron chi connectivity index (χ3n) is 5.38. The van der Waals surface area contributed by atoms with Gasteiger partial charge in [-0.2, -0.15) is 0 Å². The van der Waals surface area contributed by atoms with Crippen LogP contribution in [-0.2, 0) is 4.79 Å². The van der Waals surface area contributed by atoms with Crippen LogP contribution >= 0.6 is 23.4 Å². The Hall–Kier alpha value is -2.96. The number of nitrogens with one attached hydrogen (secondary N) is 1. The molecule has 1 amide bonds. The van der Waals surface area contributed by atoms with Gasteiger partial charge in [-0.1, -0.05) is 23.7 Å². The number of carbonyl (C=O) groups is 1. The van der Waals surface area contributed by atoms with E-state index in [-0.39, 0.29) is 5.91 Å². The Labute approximate surface area is 197 Å². The number of aromatic nitrogens is 1. The highest BCUT2D eigenvalue weighted by Crippen LogP contribution is 2.34. The Balaban J connectivity index is 1.66. The molecule has 0 radical (unpaired) electrons. The number of carbonyl (C=O) groups excluding carboxylic acids is 1. The highest BCUT2D eigenvalue weighted by molar-refractivity contribution is 8.18. The van der Waals surface area contributed by atoms with Crippen LogP contribution in [0.15, 0.2) is 52.4 Å². The Kier molecular flexibility index (Phi) is 6.17. The summed E-state index contributed by atoms with van der Waals surface area (Å²) in [5, 5.41) is 4.12. The molecule has 1 saturated heterocycles. The minimum absolute atomic E-state index is 0.163. The number of thioether (sulfide) groups is 1. The third-order valence-corrected chi connectivity index (χ3v) is 6.69. The van der Waals surface area contributed by atoms with E-state index >= 15 is 0 Å². The van der Waals surface area contributed by atoms with Gasteiger partial charge in [0.05, 0.1) is 12.0 Å². The molecule has 1 aliphatic heterocycles. The first-order valence-electron chi connectivity index (χ1n) is 10.2. The Morgan fingerprint density at radius 1 is 1.09 bits per heavy atom. The summed E-state index contributed by atoms with van der Waals surface area (Å²) in [6.07, 6.45) is 1.91. The van der Waals surface area contributed by atoms with E-state index < -0.39 is 0 Å². The molecule has 1 fully saturated rings. The Morgan fingerprint density at radius 2 is 1.88 bits per heavy atom. The SMILES string of the molecule is COc1ccc(C)cc1N=C1NC(=O)/C(=C/c2cc(C)n(-c3ccc(C)c(Cl)c3)c2C)S1. The van der Waals surface area contributed by atoms with E-state index in [2.05, 4.69) is 27.0 Å². The molecule has 3 aromatic rings. The van der Waals surface area contributed by atoms with Crippen LogP contribution in [0.1, 0.15) is 28.1 Å². The first kappa shape index (κ1) is 22.2. The predicted molar refractivity (Wildman–Crippen MR) is 134 cm³/mol. The average molecular weight is 466 g/mol. The van der Waals surface area contributed by atoms with Gasteiger partial charge in [0.1, 0.15) is 11.4 Å². The average Bonchev–Trinajstić information content (AvgIpc) is 3.22. The van der Waals surface area contributed by atoms with Gasteiger partial charge in [-0.3, -0.25) is 4.79 Å². The standard InChI is InChI=1S/C25H24ClN3O2S/c1-14-6-9-22(31-5)21(10-14)27-25-28-24(30)23(32-25)12-18-11-16(3)29(17(18)4)19-8-7-15(2)20(26)13-19/h6-13H,1-5H3,(H,27,28,30)/b23-12-. The number of rotatable bonds is 4. The Bertz CT molecular complexity index is 1290. The van der Waals surface area contributed by atoms with E-state index in [0.29, 0.717) is 21.5 Å². The third kappa shape index (κ3) is 4.33. The molecule has 2 aromatic carbocycles. The molecule has 1 aliphatic rings. The summed E-state index contributed by atoms with van der Waals surface area (Å²) < 4.78 is 7.53. The molecule has 7 heteroatoms. The summed E-state index contributed by atoms with van der Waals surface area (Å²) in [5.41, 5.74) is 6.87. The fourth-order valence-corrected chi connectivity index (χ4v) is 4.67. The molecule has 2 heterocycles. The first-order valence-corrected chi connectivity index (χ1v) is 11.4. The minimum Gasteiger partial charge on any atom is -0.494 e. The number of amidine groups is 1. The molecule has 0 atom stereocenters. The quantitative estimate of drug-likeness (QED) is 0.462. The number of aryl methyl sites for hydroxylation is 3. The molecule has 32 heavy (non-hydrogen) atoms. The van der Waals surface area contributed by atoms with E-state index in [9.17, 15) is 4.79 Å². The summed E-state index contributed by atoms with van der Waals surface area (Å²) in [4.78, 5) is 17.8. The van der Waals surface area contributed by atoms with Crippen LogP contribution in [0, 0.1) is 27.7 Å². The second-order valence-corrected chi connectivity index (χ2v) is 9.19. The van der Waals surface area contributed by atoms with Crippen LogP contribution < -0.4 is 10.1 Å². The molecule has 0 bridgehead atoms. The second-order valence-electron chi connectivity index (χ2n) is 7.75. The van der Waals surface area contributed by atoms with Gasteiger partial charge in [0.25, 0.3) is 5.91 Å². The van der Waals surface area contributed by atoms with Crippen LogP contribution in [0.2, 0.25) is 5.02 Å². The molecular weight excluding hydrogens is 442 g/mol. The van der Waals surface area contributed by atoms with Crippen molar-refractivity contribution in [3.63, 3.8) is 0 Å². The van der Waals surface area contributed by atoms with Crippen molar-refractivity contribution >= 4 is 46.2 Å². The van der Waals surface area contributed by atoms with E-state index in [1.54, 1.807) is 7.11 Å². The lowest BCUT2D eigenvalue weighted by atomic mass is 10.2. The Morgan fingerprint density at radius 3 is 2.59 bits per heavy atom. The summed E-state index contributed by atoms with van der Waals surface area (Å²) in [6.45, 7) is 8.06. The summed E-state index contributed by atoms with van der Waals surface area (Å²) in [5.74, 6) is 0.499. The molecule has 0 unspecified atom stereocenters. The number of hydrogen-bond donors (Lipinski definition) is 1. The zero-order chi connectivity index (χ0) is 23.0. The van der Waals surface area contributed by atoms with E-state index in [0.717, 1.165) is 38.8 Å². The van der Waals surface area contributed by atoms with Crippen LogP contribution in [0.4, 0.5) is 5.69 Å². The van der Waals surface area contributed by atoms with E-state index in [4.69, 9.17) is 16.3 Å². The van der Waals surface area contributed by atoms with Crippen molar-refractivity contribution in [3.8, 4) is 11.4 Å². The molecule has 164 valence electrons. The number of halogens is 1. The van der Waals surface area contributed by atoms with Gasteiger partial charge >= 0.3 is 0 Å². The number of hydrogen-bond acceptors (Lipinski definition) is 4. The molecule has 1 aromatic heterocycles. The van der Waals surface area contributed by atoms with Crippen molar-refractivity contribution in [3.05, 3.63) is 80.5 Å². The van der Waals surface area contributed by atoms with E-state index in [1.165, 1.54) is 11.8 Å². The first-order chi connectivity index (χ1) is 15.3. The lowest BCUT2D eigenvalue weighted by molar-refractivity contribution is -0.115. The van der Waals surface area contributed by atoms with Crippen molar-refractivity contribution in [2.24, 2.45) is 4.99 Å². The highest BCUT2D eigenvalue weighted by atomic mass is 35.5. The zero-order valence-corrected chi connectivity index (χ0v) is 20.2. The maximum atomic E-state index is 12.6. The summed E-state index contributed by atoms with van der Waals surface area (Å²) in [6, 6.07) is 13.9. The van der Waals surface area contributed by atoms with Crippen molar-refractivity contribution in [1.29, 1.82) is 0 Å². The van der Waals surface area contributed by atoms with Gasteiger partial charge in [0, 0.05) is 22.1 Å². The van der Waals surface area contributed by atoms with Crippen molar-refractivity contribution < 1.29 is 9.53 Å². The monoisotopic (exact) mass is 465 g/mol. The van der Waals surface area contributed by atoms with Gasteiger partial charge in [0.15, 0.2) is 5.17 Å². The minimum atomic E-state index is -0.163. The topological polar surface area (TPSA) is 55.6 Å². The zero-order valence-electron chi connectivity index (χ0n) is 18.6. The number of benzene rings is 2. The van der Waals surface area contributed by atoms with Gasteiger partial charge in [0.2, 0.25) is 0 Å². The molecule has 1 N–H and O–H groups in total. The fourth-order valence-electron chi connectivity index (χ4n) is 3.67. The van der Waals surface area contributed by atoms with Crippen molar-refractivity contribution in [2.45, 2.75) is 27.7 Å². The van der Waals surface area contributed by atoms with Gasteiger partial charge in [-0.05, 0) is 92.6 Å². The summed E-state index contributed by atoms with van der Waals surface area (Å²) in [7, 11) is 1.61. The van der Waals surface area contributed by atoms with E-state index in [1.807, 2.05) is 64.1 Å². The second kappa shape index (κ2) is 8.88. The number of methoxy groups -OCH3 is 1. The van der Waals surface area contributed by atoms with Gasteiger partial charge in [-0.15, -0.1) is 0 Å². The molecule has 0 aliphatic carbocycles. The van der Waals surface area contributed by atoms with Crippen molar-refractivity contribution in [1.82, 2.24) is 9.88 Å². The summed E-state index contributed by atoms with van der Waals surface area (Å²) >= 11 is 7.66. The molecule has 0 spiro atoms. The normalized spacial score (nSPS) is 16.1. The number of amides is 1. The lowest BCUT2D eigenvalue weighted by Crippen LogP contribution is -2.19. The maximum absolute atomic E-state index is 12.6. The molecular formula is C25H24ClN3O2S. The molecule has 5 nitrogen and oxygen atoms in total. The number of ether oxygens (including phenoxy) is 1. The van der Waals surface area contributed by atoms with Gasteiger partial charge in [-0.25, -0.2) is 4.99 Å². The smallest absolute Gasteiger partial charge is 0.264 e. The number of nitrogens with zero attached hydrogens (tertiary/aromatic N) is 2. The number of aliphatic imine (C=N–C) groups is 1. The van der Waals surface area contributed by atoms with Crippen LogP contribution in [0.3, 0.4) is 0 Å². The predicted octanol–water partition coefficient (Wildman–Crippen LogP) is 6.26.